The van der Waals surface area contributed by atoms with Crippen LogP contribution in [0.3, 0.4) is 0 Å². The average molecular weight is 401 g/mol. The summed E-state index contributed by atoms with van der Waals surface area (Å²) in [5.74, 6) is -0.236. The SMILES string of the molecule is CCCCNc1ccc(C(=O)OCC[N+](C)(C)CCCC)cc1.[Br-]. The van der Waals surface area contributed by atoms with Crippen molar-refractivity contribution < 1.29 is 31.0 Å². The zero-order valence-corrected chi connectivity index (χ0v) is 17.2. The molecule has 0 spiro atoms. The summed E-state index contributed by atoms with van der Waals surface area (Å²) < 4.78 is 6.30. The summed E-state index contributed by atoms with van der Waals surface area (Å²) in [6, 6.07) is 7.53. The van der Waals surface area contributed by atoms with Crippen LogP contribution in [-0.2, 0) is 4.74 Å². The maximum absolute atomic E-state index is 12.1. The van der Waals surface area contributed by atoms with Crippen molar-refractivity contribution >= 4 is 11.7 Å². The molecule has 24 heavy (non-hydrogen) atoms. The molecule has 1 aromatic carbocycles. The zero-order chi connectivity index (χ0) is 17.1. The quantitative estimate of drug-likeness (QED) is 0.341. The van der Waals surface area contributed by atoms with Crippen LogP contribution >= 0.6 is 0 Å². The van der Waals surface area contributed by atoms with Gasteiger partial charge in [0.15, 0.2) is 0 Å². The summed E-state index contributed by atoms with van der Waals surface area (Å²) in [4.78, 5) is 12.1. The van der Waals surface area contributed by atoms with Gasteiger partial charge >= 0.3 is 5.97 Å². The van der Waals surface area contributed by atoms with Gasteiger partial charge in [-0.1, -0.05) is 26.7 Å². The summed E-state index contributed by atoms with van der Waals surface area (Å²) in [6.45, 7) is 7.76. The molecule has 0 unspecified atom stereocenters. The molecule has 0 aromatic heterocycles. The van der Waals surface area contributed by atoms with Gasteiger partial charge in [0.2, 0.25) is 0 Å². The number of benzene rings is 1. The first-order valence-corrected chi connectivity index (χ1v) is 8.81. The van der Waals surface area contributed by atoms with Crippen LogP contribution in [0, 0.1) is 0 Å². The van der Waals surface area contributed by atoms with Gasteiger partial charge in [0.05, 0.1) is 26.2 Å². The first-order valence-electron chi connectivity index (χ1n) is 8.81. The molecule has 1 aromatic rings. The number of carbonyl (C=O) groups is 1. The van der Waals surface area contributed by atoms with Gasteiger partial charge in [-0.05, 0) is 37.1 Å². The number of unbranched alkanes of at least 4 members (excludes halogenated alkanes) is 2. The highest BCUT2D eigenvalue weighted by atomic mass is 79.9. The first kappa shape index (κ1) is 22.9. The third-order valence-corrected chi connectivity index (χ3v) is 4.03. The lowest BCUT2D eigenvalue weighted by atomic mass is 10.2. The predicted octanol–water partition coefficient (Wildman–Crippen LogP) is 0.936. The normalized spacial score (nSPS) is 10.8. The molecule has 0 fully saturated rings. The van der Waals surface area contributed by atoms with Gasteiger partial charge in [0.1, 0.15) is 13.2 Å². The van der Waals surface area contributed by atoms with Gasteiger partial charge in [-0.25, -0.2) is 4.79 Å². The van der Waals surface area contributed by atoms with E-state index in [2.05, 4.69) is 33.3 Å². The largest absolute Gasteiger partial charge is 1.00 e. The van der Waals surface area contributed by atoms with E-state index in [-0.39, 0.29) is 23.0 Å². The van der Waals surface area contributed by atoms with Crippen molar-refractivity contribution in [3.8, 4) is 0 Å². The Morgan fingerprint density at radius 2 is 1.67 bits per heavy atom. The van der Waals surface area contributed by atoms with Crippen LogP contribution in [0.4, 0.5) is 5.69 Å². The van der Waals surface area contributed by atoms with Gasteiger partial charge in [-0.2, -0.15) is 0 Å². The Morgan fingerprint density at radius 3 is 2.25 bits per heavy atom. The average Bonchev–Trinajstić information content (AvgIpc) is 2.53. The number of rotatable bonds is 11. The Kier molecular flexibility index (Phi) is 11.8. The van der Waals surface area contributed by atoms with E-state index in [1.54, 1.807) is 0 Å². The minimum atomic E-state index is -0.236. The van der Waals surface area contributed by atoms with Gasteiger partial charge in [-0.3, -0.25) is 0 Å². The Labute approximate surface area is 157 Å². The fourth-order valence-electron chi connectivity index (χ4n) is 2.30. The molecule has 0 aliphatic carbocycles. The summed E-state index contributed by atoms with van der Waals surface area (Å²) >= 11 is 0. The van der Waals surface area contributed by atoms with Gasteiger partial charge < -0.3 is 31.5 Å². The second-order valence-electron chi connectivity index (χ2n) is 6.73. The number of ether oxygens (including phenoxy) is 1. The molecule has 0 amide bonds. The zero-order valence-electron chi connectivity index (χ0n) is 15.6. The number of likely N-dealkylation sites (N-methyl/N-ethyl adjacent to an activating group) is 1. The lowest BCUT2D eigenvalue weighted by Crippen LogP contribution is -3.00. The standard InChI is InChI=1S/C19H32N2O2.BrH/c1-5-7-13-20-18-11-9-17(10-12-18)19(22)23-16-15-21(3,4)14-8-6-2;/h9-12H,5-8,13-16H2,1-4H3;1H. The fourth-order valence-corrected chi connectivity index (χ4v) is 2.30. The van der Waals surface area contributed by atoms with E-state index in [4.69, 9.17) is 4.74 Å². The summed E-state index contributed by atoms with van der Waals surface area (Å²) in [7, 11) is 4.36. The smallest absolute Gasteiger partial charge is 0.338 e. The number of carbonyl (C=O) groups excluding carboxylic acids is 1. The fraction of sp³-hybridized carbons (Fsp3) is 0.632. The maximum Gasteiger partial charge on any atom is 0.338 e. The lowest BCUT2D eigenvalue weighted by Gasteiger charge is -2.29. The van der Waals surface area contributed by atoms with Crippen LogP contribution in [0.1, 0.15) is 49.9 Å². The molecule has 0 saturated carbocycles. The van der Waals surface area contributed by atoms with Gasteiger partial charge in [0, 0.05) is 12.2 Å². The van der Waals surface area contributed by atoms with E-state index in [1.165, 1.54) is 19.3 Å². The Morgan fingerprint density at radius 1 is 1.04 bits per heavy atom. The lowest BCUT2D eigenvalue weighted by molar-refractivity contribution is -0.890. The molecule has 5 heteroatoms. The molecule has 4 nitrogen and oxygen atoms in total. The summed E-state index contributed by atoms with van der Waals surface area (Å²) in [5.41, 5.74) is 1.66. The van der Waals surface area contributed by atoms with E-state index < -0.39 is 0 Å². The first-order chi connectivity index (χ1) is 11.0. The number of nitrogens with one attached hydrogen (secondary N) is 1. The molecule has 0 bridgehead atoms. The number of halogens is 1. The van der Waals surface area contributed by atoms with Crippen molar-refractivity contribution in [2.45, 2.75) is 39.5 Å². The topological polar surface area (TPSA) is 38.3 Å². The molecule has 1 rings (SSSR count). The van der Waals surface area contributed by atoms with Gasteiger partial charge in [-0.15, -0.1) is 0 Å². The highest BCUT2D eigenvalue weighted by molar-refractivity contribution is 5.89. The van der Waals surface area contributed by atoms with Crippen LogP contribution in [0.5, 0.6) is 0 Å². The summed E-state index contributed by atoms with van der Waals surface area (Å²) in [5, 5.41) is 3.34. The van der Waals surface area contributed by atoms with E-state index >= 15 is 0 Å². The van der Waals surface area contributed by atoms with Crippen molar-refractivity contribution in [3.63, 3.8) is 0 Å². The Hall–Kier alpha value is -1.07. The Bertz CT molecular complexity index is 461. The Balaban J connectivity index is 0.00000529. The molecule has 0 aliphatic rings. The van der Waals surface area contributed by atoms with Crippen LogP contribution in [0.2, 0.25) is 0 Å². The van der Waals surface area contributed by atoms with Crippen molar-refractivity contribution in [2.24, 2.45) is 0 Å². The van der Waals surface area contributed by atoms with E-state index in [0.29, 0.717) is 12.2 Å². The minimum absolute atomic E-state index is 0. The second-order valence-corrected chi connectivity index (χ2v) is 6.73. The van der Waals surface area contributed by atoms with E-state index in [0.717, 1.165) is 36.2 Å². The predicted molar refractivity (Wildman–Crippen MR) is 96.9 cm³/mol. The highest BCUT2D eigenvalue weighted by Gasteiger charge is 2.15. The number of quaternary nitrogens is 1. The van der Waals surface area contributed by atoms with Crippen LogP contribution in [0.15, 0.2) is 24.3 Å². The molecule has 0 radical (unpaired) electrons. The molecule has 0 aliphatic heterocycles. The number of hydrogen-bond acceptors (Lipinski definition) is 3. The number of nitrogens with zero attached hydrogens (tertiary/aromatic N) is 1. The molecule has 0 saturated heterocycles. The van der Waals surface area contributed by atoms with Crippen molar-refractivity contribution in [1.29, 1.82) is 0 Å². The number of esters is 1. The van der Waals surface area contributed by atoms with Crippen molar-refractivity contribution in [3.05, 3.63) is 29.8 Å². The summed E-state index contributed by atoms with van der Waals surface area (Å²) in [6.07, 6.45) is 4.72. The van der Waals surface area contributed by atoms with Crippen molar-refractivity contribution in [1.82, 2.24) is 0 Å². The second kappa shape index (κ2) is 12.3. The van der Waals surface area contributed by atoms with Crippen LogP contribution in [0.25, 0.3) is 0 Å². The molecular weight excluding hydrogens is 368 g/mol. The van der Waals surface area contributed by atoms with E-state index in [9.17, 15) is 4.79 Å². The van der Waals surface area contributed by atoms with E-state index in [1.807, 2.05) is 24.3 Å². The third kappa shape index (κ3) is 9.28. The van der Waals surface area contributed by atoms with Gasteiger partial charge in [0.25, 0.3) is 0 Å². The highest BCUT2D eigenvalue weighted by Crippen LogP contribution is 2.11. The molecule has 0 heterocycles. The monoisotopic (exact) mass is 400 g/mol. The molecule has 1 N–H and O–H groups in total. The van der Waals surface area contributed by atoms with Crippen molar-refractivity contribution in [2.75, 3.05) is 45.7 Å². The minimum Gasteiger partial charge on any atom is -1.00 e. The number of anilines is 1. The number of hydrogen-bond donors (Lipinski definition) is 1. The molecular formula is C19H33BrN2O2. The third-order valence-electron chi connectivity index (χ3n) is 4.03. The van der Waals surface area contributed by atoms with Crippen LogP contribution < -0.4 is 22.3 Å². The maximum atomic E-state index is 12.1. The molecule has 0 atom stereocenters. The van der Waals surface area contributed by atoms with Crippen LogP contribution in [-0.4, -0.2) is 50.8 Å². The molecule has 138 valence electrons.